The van der Waals surface area contributed by atoms with Gasteiger partial charge in [-0.1, -0.05) is 6.92 Å². The SMILES string of the molecule is CC1CCC(NC(=O)[C@@H]2C[C@H](O)CN2)CC1. The third kappa shape index (κ3) is 2.95. The zero-order valence-electron chi connectivity index (χ0n) is 9.91. The number of aliphatic hydroxyl groups excluding tert-OH is 1. The molecule has 0 bridgehead atoms. The molecule has 1 aliphatic heterocycles. The molecule has 92 valence electrons. The molecule has 0 radical (unpaired) electrons. The van der Waals surface area contributed by atoms with Gasteiger partial charge in [-0.25, -0.2) is 0 Å². The summed E-state index contributed by atoms with van der Waals surface area (Å²) in [5.74, 6) is 0.871. The maximum absolute atomic E-state index is 11.9. The van der Waals surface area contributed by atoms with Crippen LogP contribution >= 0.6 is 0 Å². The highest BCUT2D eigenvalue weighted by atomic mass is 16.3. The quantitative estimate of drug-likeness (QED) is 0.639. The van der Waals surface area contributed by atoms with Crippen LogP contribution in [0.3, 0.4) is 0 Å². The standard InChI is InChI=1S/C12H22N2O2/c1-8-2-4-9(5-3-8)14-12(16)11-6-10(15)7-13-11/h8-11,13,15H,2-7H2,1H3,(H,14,16)/t8?,9?,10-,11-/m0/s1. The van der Waals surface area contributed by atoms with Crippen molar-refractivity contribution in [1.82, 2.24) is 10.6 Å². The molecule has 1 amide bonds. The molecule has 1 saturated heterocycles. The zero-order valence-corrected chi connectivity index (χ0v) is 9.91. The van der Waals surface area contributed by atoms with Gasteiger partial charge in [-0.2, -0.15) is 0 Å². The molecule has 1 aliphatic carbocycles. The summed E-state index contributed by atoms with van der Waals surface area (Å²) in [6.07, 6.45) is 4.82. The number of amides is 1. The van der Waals surface area contributed by atoms with Crippen LogP contribution in [-0.4, -0.2) is 35.7 Å². The third-order valence-electron chi connectivity index (χ3n) is 3.79. The van der Waals surface area contributed by atoms with Gasteiger partial charge < -0.3 is 15.7 Å². The van der Waals surface area contributed by atoms with Crippen molar-refractivity contribution in [1.29, 1.82) is 0 Å². The van der Waals surface area contributed by atoms with E-state index < -0.39 is 0 Å². The average Bonchev–Trinajstić information content (AvgIpc) is 2.68. The smallest absolute Gasteiger partial charge is 0.237 e. The Morgan fingerprint density at radius 1 is 1.31 bits per heavy atom. The first-order valence-electron chi connectivity index (χ1n) is 6.37. The highest BCUT2D eigenvalue weighted by Crippen LogP contribution is 2.23. The molecule has 0 aromatic rings. The molecule has 16 heavy (non-hydrogen) atoms. The van der Waals surface area contributed by atoms with Gasteiger partial charge in [-0.3, -0.25) is 4.79 Å². The van der Waals surface area contributed by atoms with Crippen molar-refractivity contribution in [3.8, 4) is 0 Å². The molecule has 4 nitrogen and oxygen atoms in total. The Bertz CT molecular complexity index is 249. The Morgan fingerprint density at radius 2 is 2.00 bits per heavy atom. The Labute approximate surface area is 96.8 Å². The van der Waals surface area contributed by atoms with Crippen LogP contribution in [0.15, 0.2) is 0 Å². The van der Waals surface area contributed by atoms with Crippen LogP contribution in [-0.2, 0) is 4.79 Å². The van der Waals surface area contributed by atoms with Crippen LogP contribution in [0.2, 0.25) is 0 Å². The fourth-order valence-corrected chi connectivity index (χ4v) is 2.62. The molecular formula is C12H22N2O2. The Hall–Kier alpha value is -0.610. The fourth-order valence-electron chi connectivity index (χ4n) is 2.62. The van der Waals surface area contributed by atoms with E-state index in [1.807, 2.05) is 0 Å². The lowest BCUT2D eigenvalue weighted by Gasteiger charge is -2.27. The van der Waals surface area contributed by atoms with Crippen LogP contribution < -0.4 is 10.6 Å². The Morgan fingerprint density at radius 3 is 2.56 bits per heavy atom. The lowest BCUT2D eigenvalue weighted by Crippen LogP contribution is -2.46. The molecule has 0 unspecified atom stereocenters. The lowest BCUT2D eigenvalue weighted by molar-refractivity contribution is -0.123. The van der Waals surface area contributed by atoms with Gasteiger partial charge in [-0.05, 0) is 38.0 Å². The number of β-amino-alcohol motifs (C(OH)–C–C–N with tert-alkyl or cyclic N) is 1. The minimum Gasteiger partial charge on any atom is -0.392 e. The molecule has 2 aliphatic rings. The van der Waals surface area contributed by atoms with E-state index in [0.29, 0.717) is 19.0 Å². The van der Waals surface area contributed by atoms with Gasteiger partial charge in [0.05, 0.1) is 12.1 Å². The van der Waals surface area contributed by atoms with Crippen molar-refractivity contribution < 1.29 is 9.90 Å². The van der Waals surface area contributed by atoms with E-state index in [4.69, 9.17) is 0 Å². The van der Waals surface area contributed by atoms with E-state index in [1.165, 1.54) is 12.8 Å². The fraction of sp³-hybridized carbons (Fsp3) is 0.917. The second-order valence-electron chi connectivity index (χ2n) is 5.32. The second kappa shape index (κ2) is 5.15. The van der Waals surface area contributed by atoms with E-state index in [-0.39, 0.29) is 18.1 Å². The second-order valence-corrected chi connectivity index (χ2v) is 5.32. The third-order valence-corrected chi connectivity index (χ3v) is 3.79. The molecule has 2 fully saturated rings. The normalized spacial score (nSPS) is 39.6. The molecular weight excluding hydrogens is 204 g/mol. The van der Waals surface area contributed by atoms with Gasteiger partial charge in [0.25, 0.3) is 0 Å². The van der Waals surface area contributed by atoms with Crippen LogP contribution in [0.25, 0.3) is 0 Å². The van der Waals surface area contributed by atoms with Gasteiger partial charge in [0, 0.05) is 12.6 Å². The van der Waals surface area contributed by atoms with Crippen LogP contribution in [0.1, 0.15) is 39.0 Å². The summed E-state index contributed by atoms with van der Waals surface area (Å²) < 4.78 is 0. The maximum atomic E-state index is 11.9. The molecule has 4 heteroatoms. The van der Waals surface area contributed by atoms with Gasteiger partial charge in [0.15, 0.2) is 0 Å². The van der Waals surface area contributed by atoms with Crippen molar-refractivity contribution in [3.05, 3.63) is 0 Å². The summed E-state index contributed by atoms with van der Waals surface area (Å²) in [6.45, 7) is 2.81. The predicted molar refractivity (Wildman–Crippen MR) is 62.0 cm³/mol. The molecule has 0 aromatic heterocycles. The summed E-state index contributed by atoms with van der Waals surface area (Å²) in [4.78, 5) is 11.9. The van der Waals surface area contributed by atoms with E-state index in [9.17, 15) is 9.90 Å². The Balaban J connectivity index is 1.75. The number of hydrogen-bond donors (Lipinski definition) is 3. The summed E-state index contributed by atoms with van der Waals surface area (Å²) in [7, 11) is 0. The van der Waals surface area contributed by atoms with Crippen molar-refractivity contribution in [2.24, 2.45) is 5.92 Å². The number of nitrogens with one attached hydrogen (secondary N) is 2. The monoisotopic (exact) mass is 226 g/mol. The summed E-state index contributed by atoms with van der Waals surface area (Å²) in [5, 5.41) is 15.5. The average molecular weight is 226 g/mol. The van der Waals surface area contributed by atoms with Crippen molar-refractivity contribution >= 4 is 5.91 Å². The minimum absolute atomic E-state index is 0.0658. The first kappa shape index (κ1) is 11.9. The molecule has 3 N–H and O–H groups in total. The van der Waals surface area contributed by atoms with Crippen LogP contribution in [0.5, 0.6) is 0 Å². The molecule has 2 atom stereocenters. The molecule has 2 rings (SSSR count). The maximum Gasteiger partial charge on any atom is 0.237 e. The van der Waals surface area contributed by atoms with Crippen molar-refractivity contribution in [2.75, 3.05) is 6.54 Å². The van der Waals surface area contributed by atoms with Crippen molar-refractivity contribution in [3.63, 3.8) is 0 Å². The largest absolute Gasteiger partial charge is 0.392 e. The van der Waals surface area contributed by atoms with E-state index in [0.717, 1.165) is 18.8 Å². The zero-order chi connectivity index (χ0) is 11.5. The van der Waals surface area contributed by atoms with Gasteiger partial charge in [0.2, 0.25) is 5.91 Å². The van der Waals surface area contributed by atoms with Gasteiger partial charge >= 0.3 is 0 Å². The minimum atomic E-state index is -0.359. The number of rotatable bonds is 2. The molecule has 1 saturated carbocycles. The van der Waals surface area contributed by atoms with Crippen LogP contribution in [0, 0.1) is 5.92 Å². The Kier molecular flexibility index (Phi) is 3.82. The molecule has 1 heterocycles. The van der Waals surface area contributed by atoms with E-state index in [1.54, 1.807) is 0 Å². The number of aliphatic hydroxyl groups is 1. The number of carbonyl (C=O) groups excluding carboxylic acids is 1. The topological polar surface area (TPSA) is 61.4 Å². The summed E-state index contributed by atoms with van der Waals surface area (Å²) >= 11 is 0. The van der Waals surface area contributed by atoms with E-state index >= 15 is 0 Å². The van der Waals surface area contributed by atoms with Crippen molar-refractivity contribution in [2.45, 2.75) is 57.2 Å². The molecule has 0 aromatic carbocycles. The van der Waals surface area contributed by atoms with Gasteiger partial charge in [-0.15, -0.1) is 0 Å². The lowest BCUT2D eigenvalue weighted by atomic mass is 9.87. The first-order chi connectivity index (χ1) is 7.65. The summed E-state index contributed by atoms with van der Waals surface area (Å²) in [6, 6.07) is 0.164. The molecule has 0 spiro atoms. The van der Waals surface area contributed by atoms with Crippen LogP contribution in [0.4, 0.5) is 0 Å². The highest BCUT2D eigenvalue weighted by molar-refractivity contribution is 5.82. The first-order valence-corrected chi connectivity index (χ1v) is 6.37. The summed E-state index contributed by atoms with van der Waals surface area (Å²) in [5.41, 5.74) is 0. The highest BCUT2D eigenvalue weighted by Gasteiger charge is 2.29. The number of hydrogen-bond acceptors (Lipinski definition) is 3. The van der Waals surface area contributed by atoms with Gasteiger partial charge in [0.1, 0.15) is 0 Å². The predicted octanol–water partition coefficient (Wildman–Crippen LogP) is 0.404. The number of carbonyl (C=O) groups is 1. The van der Waals surface area contributed by atoms with E-state index in [2.05, 4.69) is 17.6 Å².